The molecule has 68 valence electrons. The van der Waals surface area contributed by atoms with Crippen molar-refractivity contribution >= 4 is 63.1 Å². The Labute approximate surface area is 116 Å². The Kier molecular flexibility index (Phi) is 3.94. The van der Waals surface area contributed by atoms with Gasteiger partial charge in [0.05, 0.1) is 10.9 Å². The van der Waals surface area contributed by atoms with Gasteiger partial charge in [-0.1, -0.05) is 0 Å². The quantitative estimate of drug-likeness (QED) is 0.562. The molecule has 0 aliphatic heterocycles. The van der Waals surface area contributed by atoms with Crippen molar-refractivity contribution in [2.24, 2.45) is 0 Å². The van der Waals surface area contributed by atoms with E-state index in [0.29, 0.717) is 10.9 Å². The molecule has 6 heteroatoms. The topological polar surface area (TPSA) is 66.2 Å². The molecule has 0 spiro atoms. The van der Waals surface area contributed by atoms with Crippen LogP contribution in [-0.4, -0.2) is 49.7 Å². The van der Waals surface area contributed by atoms with E-state index >= 15 is 0 Å². The van der Waals surface area contributed by atoms with Crippen molar-refractivity contribution in [3.8, 4) is 11.9 Å². The van der Waals surface area contributed by atoms with Crippen molar-refractivity contribution in [3.05, 3.63) is 21.8 Å². The maximum atomic E-state index is 9.36. The molecule has 1 heterocycles. The molecule has 0 aliphatic rings. The van der Waals surface area contributed by atoms with Crippen molar-refractivity contribution in [2.45, 2.75) is 0 Å². The van der Waals surface area contributed by atoms with E-state index < -0.39 is 6.01 Å². The monoisotopic (exact) mass is 312 g/mol. The molecule has 2 aromatic rings. The molecule has 4 nitrogen and oxygen atoms in total. The number of aromatic hydroxyl groups is 2. The minimum atomic E-state index is -0.411. The van der Waals surface area contributed by atoms with Crippen LogP contribution in [0.1, 0.15) is 0 Å². The Hall–Kier alpha value is -0.110. The molecule has 1 aromatic heterocycles. The fourth-order valence-electron chi connectivity index (χ4n) is 1.07. The Morgan fingerprint density at radius 1 is 1.14 bits per heavy atom. The van der Waals surface area contributed by atoms with Gasteiger partial charge in [0.15, 0.2) is 0 Å². The third-order valence-corrected chi connectivity index (χ3v) is 2.30. The fraction of sp³-hybridized carbons (Fsp3) is 0. The molecule has 0 fully saturated rings. The summed E-state index contributed by atoms with van der Waals surface area (Å²) in [5.74, 6) is -0.194. The summed E-state index contributed by atoms with van der Waals surface area (Å²) in [4.78, 5) is 7.20. The van der Waals surface area contributed by atoms with Gasteiger partial charge < -0.3 is 10.2 Å². The number of fused-ring (bicyclic) bond motifs is 1. The maximum absolute atomic E-state index is 9.36. The Morgan fingerprint density at radius 2 is 1.86 bits per heavy atom. The second kappa shape index (κ2) is 4.61. The molecule has 14 heavy (non-hydrogen) atoms. The molecule has 0 radical (unpaired) electrons. The third-order valence-electron chi connectivity index (χ3n) is 1.63. The van der Waals surface area contributed by atoms with E-state index in [1.165, 1.54) is 0 Å². The Morgan fingerprint density at radius 3 is 2.57 bits per heavy atom. The van der Waals surface area contributed by atoms with Crippen LogP contribution in [0.5, 0.6) is 11.9 Å². The van der Waals surface area contributed by atoms with Crippen LogP contribution in [0, 0.1) is 3.57 Å². The predicted octanol–water partition coefficient (Wildman–Crippen LogP) is 0.997. The molecular formula is C8H6IN2NaO2. The van der Waals surface area contributed by atoms with Crippen LogP contribution in [0.2, 0.25) is 0 Å². The summed E-state index contributed by atoms with van der Waals surface area (Å²) in [5.41, 5.74) is 0.533. The SMILES string of the molecule is Oc1nc(O)c2cc(I)ccc2n1.[NaH]. The summed E-state index contributed by atoms with van der Waals surface area (Å²) in [6.07, 6.45) is 0. The van der Waals surface area contributed by atoms with Crippen LogP contribution >= 0.6 is 22.6 Å². The van der Waals surface area contributed by atoms with Gasteiger partial charge in [0.2, 0.25) is 5.88 Å². The van der Waals surface area contributed by atoms with Gasteiger partial charge in [0, 0.05) is 3.57 Å². The number of nitrogens with zero attached hydrogens (tertiary/aromatic N) is 2. The van der Waals surface area contributed by atoms with E-state index in [9.17, 15) is 5.11 Å². The van der Waals surface area contributed by atoms with Crippen molar-refractivity contribution in [2.75, 3.05) is 0 Å². The Bertz CT molecular complexity index is 478. The van der Waals surface area contributed by atoms with E-state index in [1.807, 2.05) is 6.07 Å². The molecule has 0 unspecified atom stereocenters. The van der Waals surface area contributed by atoms with Crippen molar-refractivity contribution in [1.29, 1.82) is 0 Å². The minimum absolute atomic E-state index is 0. The zero-order valence-corrected chi connectivity index (χ0v) is 8.56. The summed E-state index contributed by atoms with van der Waals surface area (Å²) < 4.78 is 0.981. The molecule has 0 aliphatic carbocycles. The molecular weight excluding hydrogens is 306 g/mol. The fourth-order valence-corrected chi connectivity index (χ4v) is 1.56. The molecule has 0 saturated heterocycles. The van der Waals surface area contributed by atoms with Crippen molar-refractivity contribution < 1.29 is 10.2 Å². The van der Waals surface area contributed by atoms with Gasteiger partial charge in [-0.25, -0.2) is 0 Å². The zero-order valence-electron chi connectivity index (χ0n) is 6.40. The zero-order chi connectivity index (χ0) is 9.42. The van der Waals surface area contributed by atoms with Gasteiger partial charge in [-0.15, -0.1) is 0 Å². The molecule has 2 N–H and O–H groups in total. The summed E-state index contributed by atoms with van der Waals surface area (Å²) in [5, 5.41) is 18.9. The van der Waals surface area contributed by atoms with Gasteiger partial charge in [-0.05, 0) is 40.8 Å². The molecule has 0 saturated carbocycles. The number of hydrogen-bond donors (Lipinski definition) is 2. The molecule has 0 bridgehead atoms. The van der Waals surface area contributed by atoms with Crippen LogP contribution in [0.15, 0.2) is 18.2 Å². The molecule has 1 aromatic carbocycles. The predicted molar refractivity (Wildman–Crippen MR) is 62.7 cm³/mol. The average molecular weight is 312 g/mol. The average Bonchev–Trinajstić information content (AvgIpc) is 2.06. The van der Waals surface area contributed by atoms with Crippen LogP contribution < -0.4 is 0 Å². The van der Waals surface area contributed by atoms with Crippen LogP contribution in [0.4, 0.5) is 0 Å². The van der Waals surface area contributed by atoms with Gasteiger partial charge >= 0.3 is 35.6 Å². The van der Waals surface area contributed by atoms with Gasteiger partial charge in [-0.3, -0.25) is 0 Å². The Balaban J connectivity index is 0.000000980. The van der Waals surface area contributed by atoms with Crippen LogP contribution in [-0.2, 0) is 0 Å². The first-order valence-electron chi connectivity index (χ1n) is 3.52. The number of aromatic nitrogens is 2. The summed E-state index contributed by atoms with van der Waals surface area (Å²) >= 11 is 2.12. The van der Waals surface area contributed by atoms with E-state index in [1.54, 1.807) is 12.1 Å². The van der Waals surface area contributed by atoms with E-state index in [4.69, 9.17) is 5.11 Å². The number of rotatable bonds is 0. The normalized spacial score (nSPS) is 9.79. The third kappa shape index (κ3) is 2.28. The van der Waals surface area contributed by atoms with Gasteiger partial charge in [-0.2, -0.15) is 9.97 Å². The van der Waals surface area contributed by atoms with Crippen molar-refractivity contribution in [3.63, 3.8) is 0 Å². The first-order valence-corrected chi connectivity index (χ1v) is 4.60. The summed E-state index contributed by atoms with van der Waals surface area (Å²) in [6, 6.07) is 4.91. The van der Waals surface area contributed by atoms with Gasteiger partial charge in [0.25, 0.3) is 0 Å². The van der Waals surface area contributed by atoms with E-state index in [-0.39, 0.29) is 35.4 Å². The number of hydrogen-bond acceptors (Lipinski definition) is 4. The van der Waals surface area contributed by atoms with Crippen LogP contribution in [0.25, 0.3) is 10.9 Å². The first-order chi connectivity index (χ1) is 6.16. The second-order valence-electron chi connectivity index (χ2n) is 2.51. The van der Waals surface area contributed by atoms with Gasteiger partial charge in [0.1, 0.15) is 0 Å². The number of halogens is 1. The van der Waals surface area contributed by atoms with E-state index in [0.717, 1.165) is 3.57 Å². The standard InChI is InChI=1S/C8H5IN2O2.Na.H/c9-4-1-2-6-5(3-4)7(12)11-8(13)10-6;;/h1-3H,(H2,10,11,12,13);;. The first kappa shape index (κ1) is 12.0. The van der Waals surface area contributed by atoms with Crippen LogP contribution in [0.3, 0.4) is 0 Å². The molecule has 0 amide bonds. The molecule has 0 atom stereocenters. The van der Waals surface area contributed by atoms with E-state index in [2.05, 4.69) is 32.6 Å². The molecule has 2 rings (SSSR count). The number of benzene rings is 1. The summed E-state index contributed by atoms with van der Waals surface area (Å²) in [7, 11) is 0. The van der Waals surface area contributed by atoms with Crippen molar-refractivity contribution in [1.82, 2.24) is 9.97 Å². The summed E-state index contributed by atoms with van der Waals surface area (Å²) in [6.45, 7) is 0. The second-order valence-corrected chi connectivity index (χ2v) is 3.75.